The Labute approximate surface area is 172 Å². The van der Waals surface area contributed by atoms with E-state index >= 15 is 0 Å². The average molecular weight is 382 g/mol. The summed E-state index contributed by atoms with van der Waals surface area (Å²) in [6.45, 7) is 1.65. The Hall–Kier alpha value is -1.64. The van der Waals surface area contributed by atoms with Crippen molar-refractivity contribution < 1.29 is 5.11 Å². The molecular weight excluding hydrogens is 342 g/mol. The molecule has 0 aromatic heterocycles. The Morgan fingerprint density at radius 2 is 1.11 bits per heavy atom. The van der Waals surface area contributed by atoms with Crippen LogP contribution in [0.1, 0.15) is 81.4 Å². The molecule has 0 aliphatic heterocycles. The standard InChI is InChI=1S/C26H39NO/c28-26(25-20-14-10-15-21-25)23-27-22-16-8-6-4-2-1-3-5-7-11-17-24-18-12-9-13-19-24/h9-10,12-15,18-21,26-28H,1-8,11,16-17,22-23H2. The van der Waals surface area contributed by atoms with Crippen LogP contribution in [0.4, 0.5) is 0 Å². The molecule has 0 radical (unpaired) electrons. The summed E-state index contributed by atoms with van der Waals surface area (Å²) in [5, 5.41) is 13.5. The Kier molecular flexibility index (Phi) is 12.4. The number of aryl methyl sites for hydroxylation is 1. The van der Waals surface area contributed by atoms with Gasteiger partial charge in [-0.2, -0.15) is 0 Å². The Morgan fingerprint density at radius 1 is 0.607 bits per heavy atom. The third kappa shape index (κ3) is 10.6. The van der Waals surface area contributed by atoms with Crippen LogP contribution in [0.5, 0.6) is 0 Å². The first-order valence-corrected chi connectivity index (χ1v) is 11.3. The summed E-state index contributed by atoms with van der Waals surface area (Å²) in [6, 6.07) is 20.7. The summed E-state index contributed by atoms with van der Waals surface area (Å²) >= 11 is 0. The lowest BCUT2D eigenvalue weighted by Crippen LogP contribution is -2.22. The number of aliphatic hydroxyl groups is 1. The van der Waals surface area contributed by atoms with Crippen LogP contribution in [-0.2, 0) is 6.42 Å². The summed E-state index contributed by atoms with van der Waals surface area (Å²) in [6.07, 6.45) is 14.3. The normalized spacial score (nSPS) is 12.2. The van der Waals surface area contributed by atoms with E-state index in [-0.39, 0.29) is 0 Å². The molecule has 2 N–H and O–H groups in total. The van der Waals surface area contributed by atoms with Crippen molar-refractivity contribution >= 4 is 0 Å². The van der Waals surface area contributed by atoms with Crippen molar-refractivity contribution in [3.63, 3.8) is 0 Å². The Balaban J connectivity index is 1.30. The van der Waals surface area contributed by atoms with Gasteiger partial charge in [-0.15, -0.1) is 0 Å². The van der Waals surface area contributed by atoms with Gasteiger partial charge in [-0.25, -0.2) is 0 Å². The molecule has 28 heavy (non-hydrogen) atoms. The summed E-state index contributed by atoms with van der Waals surface area (Å²) in [4.78, 5) is 0. The van der Waals surface area contributed by atoms with Crippen LogP contribution in [0.3, 0.4) is 0 Å². The zero-order valence-electron chi connectivity index (χ0n) is 17.5. The topological polar surface area (TPSA) is 32.3 Å². The molecule has 2 heteroatoms. The maximum atomic E-state index is 10.1. The predicted octanol–water partition coefficient (Wildman–Crippen LogP) is 6.45. The summed E-state index contributed by atoms with van der Waals surface area (Å²) in [7, 11) is 0. The zero-order valence-corrected chi connectivity index (χ0v) is 17.5. The molecule has 0 amide bonds. The second-order valence-corrected chi connectivity index (χ2v) is 7.90. The highest BCUT2D eigenvalue weighted by Gasteiger charge is 2.05. The Morgan fingerprint density at radius 3 is 1.71 bits per heavy atom. The quantitative estimate of drug-likeness (QED) is 0.327. The van der Waals surface area contributed by atoms with Crippen LogP contribution in [0.15, 0.2) is 60.7 Å². The number of unbranched alkanes of at least 4 members (excludes halogenated alkanes) is 9. The molecule has 2 aromatic rings. The van der Waals surface area contributed by atoms with Crippen LogP contribution in [0.2, 0.25) is 0 Å². The smallest absolute Gasteiger partial charge is 0.0914 e. The number of rotatable bonds is 16. The van der Waals surface area contributed by atoms with Gasteiger partial charge in [0.25, 0.3) is 0 Å². The number of hydrogen-bond acceptors (Lipinski definition) is 2. The van der Waals surface area contributed by atoms with Gasteiger partial charge in [0.05, 0.1) is 6.10 Å². The first-order valence-electron chi connectivity index (χ1n) is 11.3. The number of nitrogens with one attached hydrogen (secondary N) is 1. The van der Waals surface area contributed by atoms with Crippen LogP contribution in [0, 0.1) is 0 Å². The van der Waals surface area contributed by atoms with Gasteiger partial charge >= 0.3 is 0 Å². The summed E-state index contributed by atoms with van der Waals surface area (Å²) in [5.74, 6) is 0. The van der Waals surface area contributed by atoms with Gasteiger partial charge in [0.15, 0.2) is 0 Å². The van der Waals surface area contributed by atoms with E-state index in [0.717, 1.165) is 12.1 Å². The van der Waals surface area contributed by atoms with Gasteiger partial charge in [-0.3, -0.25) is 0 Å². The van der Waals surface area contributed by atoms with E-state index in [1.165, 1.54) is 76.2 Å². The number of hydrogen-bond donors (Lipinski definition) is 2. The highest BCUT2D eigenvalue weighted by Crippen LogP contribution is 2.13. The van der Waals surface area contributed by atoms with E-state index in [0.29, 0.717) is 6.54 Å². The molecular formula is C26H39NO. The van der Waals surface area contributed by atoms with E-state index in [4.69, 9.17) is 0 Å². The molecule has 0 saturated carbocycles. The molecule has 0 bridgehead atoms. The van der Waals surface area contributed by atoms with Crippen molar-refractivity contribution in [3.8, 4) is 0 Å². The van der Waals surface area contributed by atoms with E-state index in [9.17, 15) is 5.11 Å². The van der Waals surface area contributed by atoms with Crippen molar-refractivity contribution in [2.45, 2.75) is 76.7 Å². The lowest BCUT2D eigenvalue weighted by molar-refractivity contribution is 0.174. The number of aliphatic hydroxyl groups excluding tert-OH is 1. The largest absolute Gasteiger partial charge is 0.387 e. The lowest BCUT2D eigenvalue weighted by Gasteiger charge is -2.12. The first kappa shape index (κ1) is 22.6. The van der Waals surface area contributed by atoms with Crippen LogP contribution in [0.25, 0.3) is 0 Å². The van der Waals surface area contributed by atoms with Crippen molar-refractivity contribution in [1.29, 1.82) is 0 Å². The van der Waals surface area contributed by atoms with Crippen molar-refractivity contribution in [2.75, 3.05) is 13.1 Å². The third-order valence-electron chi connectivity index (χ3n) is 5.43. The molecule has 2 rings (SSSR count). The minimum atomic E-state index is -0.395. The SMILES string of the molecule is OC(CNCCCCCCCCCCCCc1ccccc1)c1ccccc1. The summed E-state index contributed by atoms with van der Waals surface area (Å²) in [5.41, 5.74) is 2.47. The predicted molar refractivity (Wildman–Crippen MR) is 121 cm³/mol. The Bertz CT molecular complexity index is 584. The molecule has 1 unspecified atom stereocenters. The summed E-state index contributed by atoms with van der Waals surface area (Å²) < 4.78 is 0. The van der Waals surface area contributed by atoms with Gasteiger partial charge in [0.1, 0.15) is 0 Å². The maximum Gasteiger partial charge on any atom is 0.0914 e. The van der Waals surface area contributed by atoms with E-state index in [1.54, 1.807) is 0 Å². The van der Waals surface area contributed by atoms with Crippen molar-refractivity contribution in [2.24, 2.45) is 0 Å². The molecule has 1 atom stereocenters. The fourth-order valence-electron chi connectivity index (χ4n) is 3.67. The van der Waals surface area contributed by atoms with E-state index < -0.39 is 6.10 Å². The molecule has 154 valence electrons. The fraction of sp³-hybridized carbons (Fsp3) is 0.538. The molecule has 0 aliphatic rings. The lowest BCUT2D eigenvalue weighted by atomic mass is 10.0. The minimum Gasteiger partial charge on any atom is -0.387 e. The first-order chi connectivity index (χ1) is 13.9. The monoisotopic (exact) mass is 381 g/mol. The van der Waals surface area contributed by atoms with Gasteiger partial charge in [-0.1, -0.05) is 112 Å². The van der Waals surface area contributed by atoms with Gasteiger partial charge in [-0.05, 0) is 36.9 Å². The molecule has 2 nitrogen and oxygen atoms in total. The van der Waals surface area contributed by atoms with Crippen LogP contribution in [-0.4, -0.2) is 18.2 Å². The second kappa shape index (κ2) is 15.3. The molecule has 0 saturated heterocycles. The highest BCUT2D eigenvalue weighted by molar-refractivity contribution is 5.17. The fourth-order valence-corrected chi connectivity index (χ4v) is 3.67. The molecule has 2 aromatic carbocycles. The zero-order chi connectivity index (χ0) is 19.7. The minimum absolute atomic E-state index is 0.395. The average Bonchev–Trinajstić information content (AvgIpc) is 2.75. The van der Waals surface area contributed by atoms with Gasteiger partial charge in [0.2, 0.25) is 0 Å². The highest BCUT2D eigenvalue weighted by atomic mass is 16.3. The van der Waals surface area contributed by atoms with Gasteiger partial charge in [0, 0.05) is 6.54 Å². The van der Waals surface area contributed by atoms with Crippen molar-refractivity contribution in [3.05, 3.63) is 71.8 Å². The van der Waals surface area contributed by atoms with Crippen LogP contribution < -0.4 is 5.32 Å². The van der Waals surface area contributed by atoms with Crippen molar-refractivity contribution in [1.82, 2.24) is 5.32 Å². The maximum absolute atomic E-state index is 10.1. The molecule has 0 aliphatic carbocycles. The second-order valence-electron chi connectivity index (χ2n) is 7.90. The molecule has 0 heterocycles. The molecule has 0 spiro atoms. The third-order valence-corrected chi connectivity index (χ3v) is 5.43. The number of benzene rings is 2. The van der Waals surface area contributed by atoms with Gasteiger partial charge < -0.3 is 10.4 Å². The molecule has 0 fully saturated rings. The van der Waals surface area contributed by atoms with E-state index in [2.05, 4.69) is 35.6 Å². The van der Waals surface area contributed by atoms with E-state index in [1.807, 2.05) is 30.3 Å². The van der Waals surface area contributed by atoms with Crippen LogP contribution >= 0.6 is 0 Å².